The van der Waals surface area contributed by atoms with Crippen LogP contribution >= 0.6 is 0 Å². The van der Waals surface area contributed by atoms with E-state index in [1.807, 2.05) is 0 Å². The number of aliphatic carboxylic acids is 1. The van der Waals surface area contributed by atoms with Gasteiger partial charge in [-0.3, -0.25) is 23.3 Å². The second-order valence-electron chi connectivity index (χ2n) is 8.49. The number of piperazine rings is 1. The van der Waals surface area contributed by atoms with Gasteiger partial charge in [-0.05, 0) is 19.1 Å². The first-order valence-corrected chi connectivity index (χ1v) is 11.9. The Hall–Kier alpha value is -4.58. The third kappa shape index (κ3) is 6.34. The predicted molar refractivity (Wildman–Crippen MR) is 139 cm³/mol. The fraction of sp³-hybridized carbons (Fsp3) is 0.400. The van der Waals surface area contributed by atoms with E-state index in [4.69, 9.17) is 19.6 Å². The molecule has 214 valence electrons. The van der Waals surface area contributed by atoms with Crippen LogP contribution in [0.2, 0.25) is 0 Å². The lowest BCUT2D eigenvalue weighted by Gasteiger charge is -2.28. The quantitative estimate of drug-likeness (QED) is 0.329. The molecule has 0 unspecified atom stereocenters. The number of nitrogens with one attached hydrogen (secondary N) is 1. The molecule has 15 heteroatoms. The lowest BCUT2D eigenvalue weighted by molar-refractivity contribution is -0.192. The fourth-order valence-corrected chi connectivity index (χ4v) is 4.01. The van der Waals surface area contributed by atoms with Crippen molar-refractivity contribution in [2.75, 3.05) is 38.2 Å². The molecular weight excluding hydrogens is 537 g/mol. The number of para-hydroxylation sites is 1. The van der Waals surface area contributed by atoms with E-state index < -0.39 is 23.4 Å². The molecule has 1 aromatic carbocycles. The summed E-state index contributed by atoms with van der Waals surface area (Å²) in [5, 5.41) is 10.4. The minimum atomic E-state index is -5.08. The highest BCUT2D eigenvalue weighted by molar-refractivity contribution is 5.99. The van der Waals surface area contributed by atoms with E-state index >= 15 is 0 Å². The van der Waals surface area contributed by atoms with Crippen LogP contribution in [0.5, 0.6) is 5.75 Å². The highest BCUT2D eigenvalue weighted by Gasteiger charge is 2.38. The molecule has 0 saturated carbocycles. The minimum absolute atomic E-state index is 0.179. The van der Waals surface area contributed by atoms with Crippen molar-refractivity contribution in [3.63, 3.8) is 0 Å². The van der Waals surface area contributed by atoms with E-state index in [1.165, 1.54) is 18.7 Å². The molecule has 3 heterocycles. The van der Waals surface area contributed by atoms with Gasteiger partial charge in [0, 0.05) is 33.2 Å². The number of carbonyl (C=O) groups is 2. The number of carboxylic acids is 1. The Morgan fingerprint density at radius 2 is 1.77 bits per heavy atom. The molecule has 12 nitrogen and oxygen atoms in total. The average Bonchev–Trinajstić information content (AvgIpc) is 3.32. The lowest BCUT2D eigenvalue weighted by atomic mass is 10.1. The maximum Gasteiger partial charge on any atom is 0.490 e. The number of carboxylic acid groups (broad SMARTS) is 1. The summed E-state index contributed by atoms with van der Waals surface area (Å²) in [6.07, 6.45) is -5.08. The van der Waals surface area contributed by atoms with E-state index in [1.54, 1.807) is 35.8 Å². The number of ketones is 1. The Morgan fingerprint density at radius 3 is 2.35 bits per heavy atom. The molecule has 0 aliphatic carbocycles. The molecule has 0 atom stereocenters. The van der Waals surface area contributed by atoms with Gasteiger partial charge in [0.25, 0.3) is 5.56 Å². The monoisotopic (exact) mass is 564 g/mol. The van der Waals surface area contributed by atoms with E-state index in [0.29, 0.717) is 30.4 Å². The van der Waals surface area contributed by atoms with Crippen molar-refractivity contribution in [3.8, 4) is 17.6 Å². The highest BCUT2D eigenvalue weighted by atomic mass is 19.4. The first-order chi connectivity index (χ1) is 18.9. The number of benzene rings is 1. The van der Waals surface area contributed by atoms with Crippen molar-refractivity contribution >= 4 is 28.9 Å². The van der Waals surface area contributed by atoms with Crippen LogP contribution in [-0.4, -0.2) is 75.0 Å². The molecule has 1 aliphatic rings. The van der Waals surface area contributed by atoms with Crippen LogP contribution in [0.3, 0.4) is 0 Å². The molecule has 4 rings (SSSR count). The Morgan fingerprint density at radius 1 is 1.15 bits per heavy atom. The summed E-state index contributed by atoms with van der Waals surface area (Å²) in [4.78, 5) is 55.0. The van der Waals surface area contributed by atoms with Crippen molar-refractivity contribution in [1.82, 2.24) is 24.0 Å². The molecule has 40 heavy (non-hydrogen) atoms. The molecular formula is C25H27F3N6O6. The van der Waals surface area contributed by atoms with Gasteiger partial charge in [0.15, 0.2) is 16.9 Å². The molecule has 2 N–H and O–H groups in total. The summed E-state index contributed by atoms with van der Waals surface area (Å²) in [6, 6.07) is 6.83. The van der Waals surface area contributed by atoms with Crippen LogP contribution in [0.4, 0.5) is 19.1 Å². The second kappa shape index (κ2) is 12.5. The number of nitrogens with zero attached hydrogens (tertiary/aromatic N) is 5. The van der Waals surface area contributed by atoms with Crippen LogP contribution in [0, 0.1) is 11.8 Å². The first-order valence-electron chi connectivity index (χ1n) is 11.9. The summed E-state index contributed by atoms with van der Waals surface area (Å²) < 4.78 is 41.0. The third-order valence-corrected chi connectivity index (χ3v) is 5.98. The third-order valence-electron chi connectivity index (χ3n) is 5.98. The first kappa shape index (κ1) is 30.0. The lowest BCUT2D eigenvalue weighted by Crippen LogP contribution is -2.44. The Kier molecular flexibility index (Phi) is 9.38. The number of anilines is 1. The maximum absolute atomic E-state index is 13.1. The maximum atomic E-state index is 13.1. The van der Waals surface area contributed by atoms with Gasteiger partial charge in [0.1, 0.15) is 5.75 Å². The van der Waals surface area contributed by atoms with Crippen LogP contribution < -0.4 is 26.2 Å². The van der Waals surface area contributed by atoms with Gasteiger partial charge >= 0.3 is 17.8 Å². The topological polar surface area (TPSA) is 141 Å². The fourth-order valence-electron chi connectivity index (χ4n) is 4.01. The number of halogens is 3. The van der Waals surface area contributed by atoms with Crippen LogP contribution in [0.25, 0.3) is 11.2 Å². The zero-order valence-corrected chi connectivity index (χ0v) is 21.9. The summed E-state index contributed by atoms with van der Waals surface area (Å²) in [6.45, 7) is 4.66. The molecule has 3 aromatic rings. The molecule has 1 aliphatic heterocycles. The van der Waals surface area contributed by atoms with Gasteiger partial charge in [0.05, 0.1) is 25.8 Å². The van der Waals surface area contributed by atoms with Crippen LogP contribution in [0.1, 0.15) is 17.3 Å². The van der Waals surface area contributed by atoms with Crippen molar-refractivity contribution in [3.05, 3.63) is 50.7 Å². The van der Waals surface area contributed by atoms with Gasteiger partial charge in [-0.2, -0.15) is 18.2 Å². The van der Waals surface area contributed by atoms with E-state index in [2.05, 4.69) is 22.1 Å². The average molecular weight is 565 g/mol. The molecule has 0 radical (unpaired) electrons. The van der Waals surface area contributed by atoms with E-state index in [0.717, 1.165) is 17.7 Å². The Balaban J connectivity index is 0.000000559. The van der Waals surface area contributed by atoms with Gasteiger partial charge in [0.2, 0.25) is 5.95 Å². The summed E-state index contributed by atoms with van der Waals surface area (Å²) >= 11 is 0. The summed E-state index contributed by atoms with van der Waals surface area (Å²) in [5.74, 6) is 3.76. The molecule has 1 fully saturated rings. The van der Waals surface area contributed by atoms with Crippen LogP contribution in [0.15, 0.2) is 33.9 Å². The number of imidazole rings is 1. The van der Waals surface area contributed by atoms with Gasteiger partial charge in [-0.1, -0.05) is 18.1 Å². The minimum Gasteiger partial charge on any atom is -0.496 e. The zero-order chi connectivity index (χ0) is 29.6. The molecule has 1 saturated heterocycles. The number of alkyl halides is 3. The smallest absolute Gasteiger partial charge is 0.490 e. The van der Waals surface area contributed by atoms with E-state index in [9.17, 15) is 27.6 Å². The largest absolute Gasteiger partial charge is 0.496 e. The van der Waals surface area contributed by atoms with E-state index in [-0.39, 0.29) is 30.0 Å². The molecule has 2 aromatic heterocycles. The number of hydrogen-bond acceptors (Lipinski definition) is 8. The zero-order valence-electron chi connectivity index (χ0n) is 21.9. The Bertz CT molecular complexity index is 1590. The van der Waals surface area contributed by atoms with Crippen molar-refractivity contribution < 1.29 is 32.6 Å². The number of fused-ring (bicyclic) bond motifs is 1. The number of Topliss-reactive ketones (excluding diaryl/α,β-unsaturated/α-hetero) is 1. The van der Waals surface area contributed by atoms with Crippen LogP contribution in [-0.2, 0) is 24.9 Å². The number of hydrogen-bond donors (Lipinski definition) is 2. The van der Waals surface area contributed by atoms with Gasteiger partial charge < -0.3 is 20.1 Å². The highest BCUT2D eigenvalue weighted by Crippen LogP contribution is 2.22. The van der Waals surface area contributed by atoms with Crippen molar-refractivity contribution in [2.45, 2.75) is 26.2 Å². The number of aromatic nitrogens is 4. The van der Waals surface area contributed by atoms with Gasteiger partial charge in [-0.25, -0.2) is 9.59 Å². The predicted octanol–water partition coefficient (Wildman–Crippen LogP) is 0.854. The number of ether oxygens (including phenoxy) is 1. The standard InChI is InChI=1S/C23H26N6O4.C2HF3O2/c1-4-5-12-28-19-20(25-22(28)27-13-10-24-11-14-27)29(23(32)26(2)21(19)31)15-17(30)16-8-6-7-9-18(16)33-3;3-2(4,5)1(6)7/h6-9,24H,10-15H2,1-3H3;(H,6,7). The summed E-state index contributed by atoms with van der Waals surface area (Å²) in [5.41, 5.74) is -0.289. The normalized spacial score (nSPS) is 13.2. The number of carbonyl (C=O) groups excluding carboxylic acids is 1. The second-order valence-corrected chi connectivity index (χ2v) is 8.49. The Labute approximate surface area is 225 Å². The van der Waals surface area contributed by atoms with Crippen molar-refractivity contribution in [2.24, 2.45) is 7.05 Å². The van der Waals surface area contributed by atoms with Gasteiger partial charge in [-0.15, -0.1) is 5.92 Å². The SMILES string of the molecule is CC#CCn1c(N2CCNCC2)nc2c1c(=O)n(C)c(=O)n2CC(=O)c1ccccc1OC.O=C(O)C(F)(F)F. The summed E-state index contributed by atoms with van der Waals surface area (Å²) in [7, 11) is 2.89. The molecule has 0 bridgehead atoms. The van der Waals surface area contributed by atoms with Crippen molar-refractivity contribution in [1.29, 1.82) is 0 Å². The molecule has 0 amide bonds. The number of rotatable bonds is 6. The molecule has 0 spiro atoms. The number of methoxy groups -OCH3 is 1.